The molecule has 0 aliphatic heterocycles. The number of carbonyl (C=O) groups excluding carboxylic acids is 1. The molecule has 4 aromatic rings. The maximum atomic E-state index is 13.2. The van der Waals surface area contributed by atoms with Crippen molar-refractivity contribution < 1.29 is 18.0 Å². The van der Waals surface area contributed by atoms with Gasteiger partial charge in [-0.05, 0) is 34.7 Å². The number of carbonyl (C=O) groups is 1. The van der Waals surface area contributed by atoms with Gasteiger partial charge in [-0.1, -0.05) is 60.7 Å². The second-order valence-electron chi connectivity index (χ2n) is 7.38. The van der Waals surface area contributed by atoms with Crippen LogP contribution in [0.5, 0.6) is 0 Å². The first-order valence-corrected chi connectivity index (χ1v) is 9.89. The van der Waals surface area contributed by atoms with Gasteiger partial charge in [-0.15, -0.1) is 0 Å². The second kappa shape index (κ2) is 8.34. The molecule has 0 bridgehead atoms. The number of nitrogens with one attached hydrogen (secondary N) is 1. The molecular formula is C25H19F3N2O2. The number of aromatic nitrogens is 1. The molecule has 0 radical (unpaired) electrons. The summed E-state index contributed by atoms with van der Waals surface area (Å²) in [5.74, 6) is -0.492. The van der Waals surface area contributed by atoms with Crippen molar-refractivity contribution in [3.05, 3.63) is 106 Å². The van der Waals surface area contributed by atoms with Crippen molar-refractivity contribution in [1.82, 2.24) is 9.88 Å². The molecule has 0 saturated carbocycles. The lowest BCUT2D eigenvalue weighted by molar-refractivity contribution is -0.137. The summed E-state index contributed by atoms with van der Waals surface area (Å²) >= 11 is 0. The lowest BCUT2D eigenvalue weighted by Gasteiger charge is -2.17. The average molecular weight is 436 g/mol. The molecule has 0 aliphatic rings. The average Bonchev–Trinajstić information content (AvgIpc) is 2.80. The lowest BCUT2D eigenvalue weighted by atomic mass is 9.96. The summed E-state index contributed by atoms with van der Waals surface area (Å²) in [7, 11) is 1.54. The summed E-state index contributed by atoms with van der Waals surface area (Å²) < 4.78 is 39.6. The van der Waals surface area contributed by atoms with Crippen LogP contribution < -0.4 is 10.9 Å². The van der Waals surface area contributed by atoms with Gasteiger partial charge in [-0.25, -0.2) is 0 Å². The van der Waals surface area contributed by atoms with Gasteiger partial charge in [0.25, 0.3) is 11.5 Å². The molecule has 1 amide bonds. The van der Waals surface area contributed by atoms with E-state index in [2.05, 4.69) is 5.32 Å². The summed E-state index contributed by atoms with van der Waals surface area (Å²) in [6.07, 6.45) is -4.42. The lowest BCUT2D eigenvalue weighted by Crippen LogP contribution is -2.31. The van der Waals surface area contributed by atoms with Crippen LogP contribution >= 0.6 is 0 Å². The molecule has 4 nitrogen and oxygen atoms in total. The number of pyridine rings is 1. The molecule has 0 spiro atoms. The highest BCUT2D eigenvalue weighted by Crippen LogP contribution is 2.31. The summed E-state index contributed by atoms with van der Waals surface area (Å²) in [6.45, 7) is 0.0201. The van der Waals surface area contributed by atoms with E-state index in [9.17, 15) is 22.8 Å². The van der Waals surface area contributed by atoms with Gasteiger partial charge < -0.3 is 9.88 Å². The summed E-state index contributed by atoms with van der Waals surface area (Å²) in [5, 5.41) is 3.88. The quantitative estimate of drug-likeness (QED) is 0.481. The fraction of sp³-hybridized carbons (Fsp3) is 0.120. The minimum absolute atomic E-state index is 0.0201. The number of halogens is 3. The first-order chi connectivity index (χ1) is 15.3. The Hall–Kier alpha value is -3.87. The zero-order chi connectivity index (χ0) is 22.9. The molecule has 0 saturated heterocycles. The Morgan fingerprint density at radius 2 is 1.47 bits per heavy atom. The standard InChI is InChI=1S/C25H19F3N2O2/c1-30-22(23(31)29-15-16-11-13-18(14-12-16)25(26,27)28)21(17-7-3-2-4-8-17)19-9-5-6-10-20(19)24(30)32/h2-14H,15H2,1H3,(H,29,31). The number of benzene rings is 3. The SMILES string of the molecule is Cn1c(C(=O)NCc2ccc(C(F)(F)F)cc2)c(-c2ccccc2)c2ccccc2c1=O. The smallest absolute Gasteiger partial charge is 0.347 e. The van der Waals surface area contributed by atoms with Gasteiger partial charge in [0.05, 0.1) is 5.56 Å². The van der Waals surface area contributed by atoms with Crippen molar-refractivity contribution in [2.75, 3.05) is 0 Å². The fourth-order valence-electron chi connectivity index (χ4n) is 3.71. The molecule has 1 aromatic heterocycles. The van der Waals surface area contributed by atoms with Crippen LogP contribution in [-0.2, 0) is 19.8 Å². The van der Waals surface area contributed by atoms with Crippen LogP contribution in [0.4, 0.5) is 13.2 Å². The Morgan fingerprint density at radius 3 is 2.09 bits per heavy atom. The Balaban J connectivity index is 1.74. The number of amides is 1. The molecule has 4 rings (SSSR count). The van der Waals surface area contributed by atoms with E-state index in [0.717, 1.165) is 17.7 Å². The van der Waals surface area contributed by atoms with Gasteiger partial charge in [-0.3, -0.25) is 9.59 Å². The van der Waals surface area contributed by atoms with E-state index in [-0.39, 0.29) is 17.8 Å². The van der Waals surface area contributed by atoms with Crippen molar-refractivity contribution >= 4 is 16.7 Å². The predicted molar refractivity (Wildman–Crippen MR) is 117 cm³/mol. The third-order valence-corrected chi connectivity index (χ3v) is 5.32. The molecule has 32 heavy (non-hydrogen) atoms. The molecule has 0 atom stereocenters. The van der Waals surface area contributed by atoms with E-state index in [1.807, 2.05) is 30.3 Å². The number of hydrogen-bond donors (Lipinski definition) is 1. The predicted octanol–water partition coefficient (Wildman–Crippen LogP) is 5.15. The molecule has 162 valence electrons. The highest BCUT2D eigenvalue weighted by atomic mass is 19.4. The second-order valence-corrected chi connectivity index (χ2v) is 7.38. The van der Waals surface area contributed by atoms with Crippen LogP contribution in [-0.4, -0.2) is 10.5 Å². The van der Waals surface area contributed by atoms with Crippen LogP contribution in [0.2, 0.25) is 0 Å². The first-order valence-electron chi connectivity index (χ1n) is 9.89. The van der Waals surface area contributed by atoms with E-state index < -0.39 is 17.6 Å². The minimum atomic E-state index is -4.42. The highest BCUT2D eigenvalue weighted by molar-refractivity contribution is 6.08. The van der Waals surface area contributed by atoms with E-state index in [0.29, 0.717) is 21.9 Å². The van der Waals surface area contributed by atoms with E-state index in [1.165, 1.54) is 23.7 Å². The largest absolute Gasteiger partial charge is 0.416 e. The molecule has 7 heteroatoms. The van der Waals surface area contributed by atoms with Crippen molar-refractivity contribution in [2.45, 2.75) is 12.7 Å². The van der Waals surface area contributed by atoms with Gasteiger partial charge >= 0.3 is 6.18 Å². The zero-order valence-electron chi connectivity index (χ0n) is 17.1. The number of nitrogens with zero attached hydrogens (tertiary/aromatic N) is 1. The van der Waals surface area contributed by atoms with Gasteiger partial charge in [0.15, 0.2) is 0 Å². The van der Waals surface area contributed by atoms with Crippen molar-refractivity contribution in [3.63, 3.8) is 0 Å². The van der Waals surface area contributed by atoms with Gasteiger partial charge in [0.2, 0.25) is 0 Å². The van der Waals surface area contributed by atoms with Gasteiger partial charge in [-0.2, -0.15) is 13.2 Å². The van der Waals surface area contributed by atoms with Crippen LogP contribution in [0.3, 0.4) is 0 Å². The third kappa shape index (κ3) is 4.01. The third-order valence-electron chi connectivity index (χ3n) is 5.32. The molecular weight excluding hydrogens is 417 g/mol. The monoisotopic (exact) mass is 436 g/mol. The Kier molecular flexibility index (Phi) is 5.57. The van der Waals surface area contributed by atoms with Crippen molar-refractivity contribution in [1.29, 1.82) is 0 Å². The molecule has 1 heterocycles. The Labute approximate surface area is 181 Å². The Morgan fingerprint density at radius 1 is 0.875 bits per heavy atom. The molecule has 0 aliphatic carbocycles. The summed E-state index contributed by atoms with van der Waals surface area (Å²) in [6, 6.07) is 20.9. The van der Waals surface area contributed by atoms with Gasteiger partial charge in [0, 0.05) is 24.5 Å². The van der Waals surface area contributed by atoms with E-state index >= 15 is 0 Å². The van der Waals surface area contributed by atoms with E-state index in [4.69, 9.17) is 0 Å². The van der Waals surface area contributed by atoms with Crippen molar-refractivity contribution in [2.24, 2.45) is 7.05 Å². The normalized spacial score (nSPS) is 11.5. The van der Waals surface area contributed by atoms with Crippen LogP contribution in [0.15, 0.2) is 83.7 Å². The number of alkyl halides is 3. The number of fused-ring (bicyclic) bond motifs is 1. The number of rotatable bonds is 4. The van der Waals surface area contributed by atoms with Crippen LogP contribution in [0.25, 0.3) is 21.9 Å². The topological polar surface area (TPSA) is 51.1 Å². The van der Waals surface area contributed by atoms with E-state index in [1.54, 1.807) is 24.3 Å². The Bertz CT molecular complexity index is 1340. The fourth-order valence-corrected chi connectivity index (χ4v) is 3.71. The number of hydrogen-bond acceptors (Lipinski definition) is 2. The molecule has 0 unspecified atom stereocenters. The zero-order valence-corrected chi connectivity index (χ0v) is 17.1. The van der Waals surface area contributed by atoms with Gasteiger partial charge in [0.1, 0.15) is 5.69 Å². The maximum Gasteiger partial charge on any atom is 0.416 e. The first kappa shape index (κ1) is 21.4. The van der Waals surface area contributed by atoms with Crippen LogP contribution in [0.1, 0.15) is 21.6 Å². The minimum Gasteiger partial charge on any atom is -0.347 e. The molecule has 3 aromatic carbocycles. The van der Waals surface area contributed by atoms with Crippen molar-refractivity contribution in [3.8, 4) is 11.1 Å². The summed E-state index contributed by atoms with van der Waals surface area (Å²) in [5.41, 5.74) is 1.04. The maximum absolute atomic E-state index is 13.2. The molecule has 1 N–H and O–H groups in total. The summed E-state index contributed by atoms with van der Waals surface area (Å²) in [4.78, 5) is 26.1. The highest BCUT2D eigenvalue weighted by Gasteiger charge is 2.30. The molecule has 0 fully saturated rings. The van der Waals surface area contributed by atoms with Crippen LogP contribution in [0, 0.1) is 0 Å².